The molecule has 3 amide bonds. The molecular formula is C44H53N5O8S2. The van der Waals surface area contributed by atoms with Gasteiger partial charge in [-0.25, -0.2) is 16.8 Å². The number of carbonyl (C=O) groups excluding carboxylic acids is 3. The van der Waals surface area contributed by atoms with E-state index in [1.54, 1.807) is 60.0 Å². The molecule has 0 spiro atoms. The summed E-state index contributed by atoms with van der Waals surface area (Å²) in [7, 11) is -7.38. The number of amides is 3. The van der Waals surface area contributed by atoms with Gasteiger partial charge in [0.2, 0.25) is 26.0 Å². The fourth-order valence-corrected chi connectivity index (χ4v) is 9.39. The lowest BCUT2D eigenvalue weighted by atomic mass is 9.88. The van der Waals surface area contributed by atoms with Crippen molar-refractivity contribution >= 4 is 49.1 Å². The minimum absolute atomic E-state index is 0.00149. The normalized spacial score (nSPS) is 15.5. The Bertz CT molecular complexity index is 2370. The highest BCUT2D eigenvalue weighted by Gasteiger charge is 2.27. The van der Waals surface area contributed by atoms with E-state index < -0.39 is 31.7 Å². The van der Waals surface area contributed by atoms with Gasteiger partial charge in [0.25, 0.3) is 11.8 Å². The monoisotopic (exact) mass is 843 g/mol. The second kappa shape index (κ2) is 18.8. The Hall–Kier alpha value is -5.25. The molecule has 4 N–H and O–H groups in total. The van der Waals surface area contributed by atoms with Gasteiger partial charge in [0.05, 0.1) is 30.0 Å². The van der Waals surface area contributed by atoms with Crippen LogP contribution in [0.2, 0.25) is 0 Å². The SMILES string of the molecule is Cc1ccc(C(=O)N2CCC(c3ccc(CNC(=O)CCS(=O)(=O)Nc4cc(C(=O)N5CCC(c6ccc(CO)cc6)CC5)ccc4C)cc3)CC2)cc1NS(C)(=O)=O. The molecule has 15 heteroatoms. The molecule has 0 unspecified atom stereocenters. The van der Waals surface area contributed by atoms with Crippen LogP contribution in [0, 0.1) is 13.8 Å². The van der Waals surface area contributed by atoms with Crippen molar-refractivity contribution in [3.8, 4) is 0 Å². The number of nitrogens with zero attached hydrogens (tertiary/aromatic N) is 2. The zero-order valence-electron chi connectivity index (χ0n) is 33.7. The highest BCUT2D eigenvalue weighted by molar-refractivity contribution is 7.92. The van der Waals surface area contributed by atoms with Crippen LogP contribution in [-0.2, 0) is 38.0 Å². The van der Waals surface area contributed by atoms with E-state index in [1.165, 1.54) is 5.56 Å². The molecule has 0 saturated carbocycles. The minimum atomic E-state index is -3.90. The molecule has 314 valence electrons. The van der Waals surface area contributed by atoms with Crippen molar-refractivity contribution in [1.82, 2.24) is 15.1 Å². The van der Waals surface area contributed by atoms with E-state index in [9.17, 15) is 36.3 Å². The van der Waals surface area contributed by atoms with Crippen LogP contribution < -0.4 is 14.8 Å². The number of aliphatic hydroxyl groups excluding tert-OH is 1. The second-order valence-electron chi connectivity index (χ2n) is 15.7. The summed E-state index contributed by atoms with van der Waals surface area (Å²) in [4.78, 5) is 43.0. The number of anilines is 2. The van der Waals surface area contributed by atoms with Gasteiger partial charge in [0.15, 0.2) is 0 Å². The average Bonchev–Trinajstić information content (AvgIpc) is 3.23. The third-order valence-corrected chi connectivity index (χ3v) is 13.1. The molecular weight excluding hydrogens is 791 g/mol. The summed E-state index contributed by atoms with van der Waals surface area (Å²) in [6, 6.07) is 25.8. The number of benzene rings is 4. The molecule has 0 aromatic heterocycles. The molecule has 0 atom stereocenters. The van der Waals surface area contributed by atoms with E-state index in [2.05, 4.69) is 14.8 Å². The second-order valence-corrected chi connectivity index (χ2v) is 19.2. The maximum Gasteiger partial charge on any atom is 0.253 e. The van der Waals surface area contributed by atoms with Gasteiger partial charge in [-0.1, -0.05) is 60.7 Å². The molecule has 0 bridgehead atoms. The van der Waals surface area contributed by atoms with E-state index >= 15 is 0 Å². The Morgan fingerprint density at radius 3 is 1.53 bits per heavy atom. The van der Waals surface area contributed by atoms with Crippen molar-refractivity contribution in [2.45, 2.75) is 70.9 Å². The summed E-state index contributed by atoms with van der Waals surface area (Å²) in [5.74, 6) is -0.556. The van der Waals surface area contributed by atoms with Crippen molar-refractivity contribution in [2.75, 3.05) is 47.6 Å². The number of hydrogen-bond donors (Lipinski definition) is 4. The number of hydrogen-bond acceptors (Lipinski definition) is 8. The summed E-state index contributed by atoms with van der Waals surface area (Å²) >= 11 is 0. The van der Waals surface area contributed by atoms with Gasteiger partial charge in [0, 0.05) is 50.3 Å². The topological polar surface area (TPSA) is 182 Å². The number of piperidine rings is 2. The summed E-state index contributed by atoms with van der Waals surface area (Å²) in [6.45, 7) is 6.06. The Morgan fingerprint density at radius 2 is 1.08 bits per heavy atom. The van der Waals surface area contributed by atoms with Gasteiger partial charge in [0.1, 0.15) is 0 Å². The first kappa shape index (κ1) is 43.3. The zero-order valence-corrected chi connectivity index (χ0v) is 35.4. The first-order chi connectivity index (χ1) is 28.1. The van der Waals surface area contributed by atoms with Crippen LogP contribution in [-0.4, -0.2) is 87.7 Å². The van der Waals surface area contributed by atoms with Crippen molar-refractivity contribution in [1.29, 1.82) is 0 Å². The van der Waals surface area contributed by atoms with Crippen molar-refractivity contribution in [3.63, 3.8) is 0 Å². The fourth-order valence-electron chi connectivity index (χ4n) is 7.66. The molecule has 59 heavy (non-hydrogen) atoms. The zero-order chi connectivity index (χ0) is 42.3. The van der Waals surface area contributed by atoms with Crippen LogP contribution in [0.3, 0.4) is 0 Å². The molecule has 2 saturated heterocycles. The third-order valence-electron chi connectivity index (χ3n) is 11.3. The smallest absolute Gasteiger partial charge is 0.253 e. The molecule has 2 aliphatic rings. The Labute approximate surface area is 347 Å². The van der Waals surface area contributed by atoms with Gasteiger partial charge in [-0.05, 0) is 109 Å². The summed E-state index contributed by atoms with van der Waals surface area (Å²) in [5, 5.41) is 12.1. The quantitative estimate of drug-likeness (QED) is 0.126. The number of aliphatic hydroxyl groups is 1. The first-order valence-corrected chi connectivity index (χ1v) is 23.4. The molecule has 13 nitrogen and oxygen atoms in total. The molecule has 4 aromatic rings. The van der Waals surface area contributed by atoms with E-state index in [4.69, 9.17) is 0 Å². The lowest BCUT2D eigenvalue weighted by Gasteiger charge is -2.32. The highest BCUT2D eigenvalue weighted by atomic mass is 32.2. The third kappa shape index (κ3) is 11.7. The van der Waals surface area contributed by atoms with Crippen LogP contribution >= 0.6 is 0 Å². The minimum Gasteiger partial charge on any atom is -0.392 e. The predicted molar refractivity (Wildman–Crippen MR) is 229 cm³/mol. The van der Waals surface area contributed by atoms with Crippen LogP contribution in [0.1, 0.15) is 98.0 Å². The molecule has 0 aliphatic carbocycles. The lowest BCUT2D eigenvalue weighted by molar-refractivity contribution is -0.120. The maximum absolute atomic E-state index is 13.4. The number of carbonyl (C=O) groups is 3. The predicted octanol–water partition coefficient (Wildman–Crippen LogP) is 5.66. The van der Waals surface area contributed by atoms with Crippen molar-refractivity contribution < 1.29 is 36.3 Å². The van der Waals surface area contributed by atoms with Gasteiger partial charge in [-0.15, -0.1) is 0 Å². The Kier molecular flexibility index (Phi) is 13.8. The first-order valence-electron chi connectivity index (χ1n) is 19.9. The van der Waals surface area contributed by atoms with E-state index in [1.807, 2.05) is 48.5 Å². The Balaban J connectivity index is 0.933. The number of rotatable bonds is 14. The molecule has 2 fully saturated rings. The number of aryl methyl sites for hydroxylation is 2. The van der Waals surface area contributed by atoms with Crippen LogP contribution in [0.4, 0.5) is 11.4 Å². The number of sulfonamides is 2. The molecule has 2 heterocycles. The summed E-state index contributed by atoms with van der Waals surface area (Å²) in [6.07, 6.45) is 3.99. The van der Waals surface area contributed by atoms with Crippen LogP contribution in [0.25, 0.3) is 0 Å². The highest BCUT2D eigenvalue weighted by Crippen LogP contribution is 2.31. The largest absolute Gasteiger partial charge is 0.392 e. The van der Waals surface area contributed by atoms with Crippen molar-refractivity contribution in [3.05, 3.63) is 129 Å². The maximum atomic E-state index is 13.4. The van der Waals surface area contributed by atoms with E-state index in [0.717, 1.165) is 54.2 Å². The van der Waals surface area contributed by atoms with Gasteiger partial charge < -0.3 is 20.2 Å². The Morgan fingerprint density at radius 1 is 0.644 bits per heavy atom. The fraction of sp³-hybridized carbons (Fsp3) is 0.386. The lowest BCUT2D eigenvalue weighted by Crippen LogP contribution is -2.38. The van der Waals surface area contributed by atoms with Crippen LogP contribution in [0.5, 0.6) is 0 Å². The number of nitrogens with one attached hydrogen (secondary N) is 3. The standard InChI is InChI=1S/C44H53N5O8S2/c1-30-4-10-38(26-40(30)46-58(3,54)55)43(52)48-21-16-36(17-22-48)34-12-6-32(7-13-34)28-45-42(51)20-25-59(56,57)47-41-27-39(11-5-31(41)2)44(53)49-23-18-37(19-24-49)35-14-8-33(29-50)9-15-35/h4-15,26-27,36-37,46-47,50H,16-25,28-29H2,1-3H3,(H,45,51). The molecule has 2 aliphatic heterocycles. The van der Waals surface area contributed by atoms with Crippen molar-refractivity contribution in [2.24, 2.45) is 0 Å². The average molecular weight is 844 g/mol. The van der Waals surface area contributed by atoms with Gasteiger partial charge >= 0.3 is 0 Å². The van der Waals surface area contributed by atoms with Gasteiger partial charge in [-0.2, -0.15) is 0 Å². The van der Waals surface area contributed by atoms with E-state index in [0.29, 0.717) is 60.2 Å². The summed E-state index contributed by atoms with van der Waals surface area (Å²) < 4.78 is 54.7. The summed E-state index contributed by atoms with van der Waals surface area (Å²) in [5.41, 5.74) is 6.95. The molecule has 0 radical (unpaired) electrons. The van der Waals surface area contributed by atoms with E-state index in [-0.39, 0.29) is 37.3 Å². The molecule has 6 rings (SSSR count). The van der Waals surface area contributed by atoms with Gasteiger partial charge in [-0.3, -0.25) is 23.8 Å². The molecule has 4 aromatic carbocycles. The van der Waals surface area contributed by atoms with Crippen LogP contribution in [0.15, 0.2) is 84.9 Å². The number of likely N-dealkylation sites (tertiary alicyclic amines) is 2.